The van der Waals surface area contributed by atoms with Crippen LogP contribution in [0.4, 0.5) is 24.9 Å². The van der Waals surface area contributed by atoms with Crippen molar-refractivity contribution in [2.24, 2.45) is 5.92 Å². The minimum Gasteiger partial charge on any atom is -0.481 e. The van der Waals surface area contributed by atoms with Crippen LogP contribution in [0.2, 0.25) is 0 Å². The maximum absolute atomic E-state index is 13.2. The molecule has 1 aromatic heterocycles. The van der Waals surface area contributed by atoms with E-state index in [4.69, 9.17) is 9.52 Å². The summed E-state index contributed by atoms with van der Waals surface area (Å²) in [4.78, 5) is 14.9. The maximum Gasteiger partial charge on any atom is 0.418 e. The topological polar surface area (TPSA) is 75.4 Å². The Bertz CT molecular complexity index is 1070. The minimum atomic E-state index is -4.48. The summed E-state index contributed by atoms with van der Waals surface area (Å²) in [6.07, 6.45) is 0.982. The number of aromatic nitrogens is 1. The summed E-state index contributed by atoms with van der Waals surface area (Å²) in [7, 11) is 0. The van der Waals surface area contributed by atoms with Gasteiger partial charge in [0, 0.05) is 12.0 Å². The largest absolute Gasteiger partial charge is 0.481 e. The van der Waals surface area contributed by atoms with Crippen molar-refractivity contribution in [2.45, 2.75) is 44.2 Å². The van der Waals surface area contributed by atoms with Gasteiger partial charge in [-0.15, -0.1) is 0 Å². The number of para-hydroxylation sites is 1. The van der Waals surface area contributed by atoms with Crippen LogP contribution in [0.15, 0.2) is 59.1 Å². The highest BCUT2D eigenvalue weighted by molar-refractivity contribution is 5.67. The molecule has 0 unspecified atom stereocenters. The van der Waals surface area contributed by atoms with E-state index >= 15 is 0 Å². The molecular weight excluding hydrogens is 421 g/mol. The maximum atomic E-state index is 13.2. The fraction of sp³-hybridized carbons (Fsp3) is 0.333. The number of carbonyl (C=O) groups is 1. The van der Waals surface area contributed by atoms with Crippen LogP contribution in [0, 0.1) is 5.92 Å². The Kier molecular flexibility index (Phi) is 6.21. The van der Waals surface area contributed by atoms with Gasteiger partial charge in [0.05, 0.1) is 17.4 Å². The number of benzene rings is 2. The lowest BCUT2D eigenvalue weighted by Gasteiger charge is -2.28. The fourth-order valence-electron chi connectivity index (χ4n) is 4.29. The summed E-state index contributed by atoms with van der Waals surface area (Å²) < 4.78 is 45.2. The number of oxazole rings is 1. The number of hydrogen-bond acceptors (Lipinski definition) is 4. The zero-order valence-electron chi connectivity index (χ0n) is 17.2. The molecule has 3 aromatic rings. The molecule has 5 nitrogen and oxygen atoms in total. The van der Waals surface area contributed by atoms with Gasteiger partial charge < -0.3 is 14.8 Å². The van der Waals surface area contributed by atoms with E-state index in [-0.39, 0.29) is 24.0 Å². The average molecular weight is 444 g/mol. The first kappa shape index (κ1) is 21.9. The Morgan fingerprint density at radius 1 is 1.06 bits per heavy atom. The standard InChI is InChI=1S/C24H23F3N2O3/c25-24(26,27)19-3-1-2-4-20(19)29-23-28-14-21(32-23)18-11-9-17(10-12-18)16-7-5-15(6-8-16)13-22(30)31/h1-4,9-12,14-16H,5-8,13H2,(H,28,29)(H,30,31). The molecule has 0 atom stereocenters. The molecule has 1 aliphatic carbocycles. The van der Waals surface area contributed by atoms with E-state index < -0.39 is 17.7 Å². The van der Waals surface area contributed by atoms with Crippen LogP contribution in [0.5, 0.6) is 0 Å². The second-order valence-electron chi connectivity index (χ2n) is 8.14. The molecule has 2 N–H and O–H groups in total. The van der Waals surface area contributed by atoms with Gasteiger partial charge in [-0.1, -0.05) is 36.4 Å². The lowest BCUT2D eigenvalue weighted by atomic mass is 9.77. The third kappa shape index (κ3) is 5.12. The molecule has 0 bridgehead atoms. The van der Waals surface area contributed by atoms with Crippen LogP contribution in [-0.4, -0.2) is 16.1 Å². The number of carboxylic acid groups (broad SMARTS) is 1. The molecular formula is C24H23F3N2O3. The van der Waals surface area contributed by atoms with E-state index in [1.807, 2.05) is 24.3 Å². The predicted molar refractivity (Wildman–Crippen MR) is 114 cm³/mol. The Morgan fingerprint density at radius 2 is 1.75 bits per heavy atom. The summed E-state index contributed by atoms with van der Waals surface area (Å²) in [6, 6.07) is 13.0. The molecule has 2 aromatic carbocycles. The Balaban J connectivity index is 1.42. The van der Waals surface area contributed by atoms with Crippen LogP contribution in [0.25, 0.3) is 11.3 Å². The van der Waals surface area contributed by atoms with Gasteiger partial charge in [-0.3, -0.25) is 4.79 Å². The molecule has 8 heteroatoms. The van der Waals surface area contributed by atoms with Gasteiger partial charge in [0.15, 0.2) is 5.76 Å². The van der Waals surface area contributed by atoms with Gasteiger partial charge in [0.2, 0.25) is 0 Å². The number of hydrogen-bond donors (Lipinski definition) is 2. The first-order valence-electron chi connectivity index (χ1n) is 10.5. The van der Waals surface area contributed by atoms with Gasteiger partial charge >= 0.3 is 12.1 Å². The quantitative estimate of drug-likeness (QED) is 0.435. The summed E-state index contributed by atoms with van der Waals surface area (Å²) >= 11 is 0. The Hall–Kier alpha value is -3.29. The van der Waals surface area contributed by atoms with Crippen molar-refractivity contribution in [3.05, 3.63) is 65.9 Å². The van der Waals surface area contributed by atoms with Crippen molar-refractivity contribution < 1.29 is 27.5 Å². The molecule has 0 aliphatic heterocycles. The van der Waals surface area contributed by atoms with E-state index in [1.165, 1.54) is 30.0 Å². The second-order valence-corrected chi connectivity index (χ2v) is 8.14. The third-order valence-corrected chi connectivity index (χ3v) is 5.96. The van der Waals surface area contributed by atoms with Crippen molar-refractivity contribution in [2.75, 3.05) is 5.32 Å². The number of carboxylic acids is 1. The molecule has 0 spiro atoms. The van der Waals surface area contributed by atoms with Crippen LogP contribution < -0.4 is 5.32 Å². The number of halogens is 3. The summed E-state index contributed by atoms with van der Waals surface area (Å²) in [5, 5.41) is 11.6. The number of anilines is 2. The first-order valence-corrected chi connectivity index (χ1v) is 10.5. The lowest BCUT2D eigenvalue weighted by Crippen LogP contribution is -2.16. The zero-order chi connectivity index (χ0) is 22.7. The normalized spacial score (nSPS) is 19.0. The van der Waals surface area contributed by atoms with Crippen molar-refractivity contribution in [3.8, 4) is 11.3 Å². The van der Waals surface area contributed by atoms with Crippen LogP contribution in [0.1, 0.15) is 49.1 Å². The predicted octanol–water partition coefficient (Wildman–Crippen LogP) is 6.85. The van der Waals surface area contributed by atoms with Gasteiger partial charge in [0.25, 0.3) is 6.01 Å². The molecule has 0 amide bonds. The van der Waals surface area contributed by atoms with Crippen molar-refractivity contribution in [1.82, 2.24) is 4.98 Å². The smallest absolute Gasteiger partial charge is 0.418 e. The van der Waals surface area contributed by atoms with E-state index in [2.05, 4.69) is 10.3 Å². The summed E-state index contributed by atoms with van der Waals surface area (Å²) in [6.45, 7) is 0. The van der Waals surface area contributed by atoms with Crippen LogP contribution in [-0.2, 0) is 11.0 Å². The van der Waals surface area contributed by atoms with Crippen LogP contribution in [0.3, 0.4) is 0 Å². The molecule has 1 heterocycles. The highest BCUT2D eigenvalue weighted by Gasteiger charge is 2.33. The molecule has 1 saturated carbocycles. The van der Waals surface area contributed by atoms with Crippen molar-refractivity contribution in [1.29, 1.82) is 0 Å². The average Bonchev–Trinajstić information content (AvgIpc) is 3.22. The minimum absolute atomic E-state index is 0.0162. The summed E-state index contributed by atoms with van der Waals surface area (Å²) in [5.74, 6) is 0.375. The SMILES string of the molecule is O=C(O)CC1CCC(c2ccc(-c3cnc(Nc4ccccc4C(F)(F)F)o3)cc2)CC1. The third-order valence-electron chi connectivity index (χ3n) is 5.96. The Morgan fingerprint density at radius 3 is 2.41 bits per heavy atom. The summed E-state index contributed by atoms with van der Waals surface area (Å²) in [5.41, 5.74) is 1.06. The van der Waals surface area contributed by atoms with Crippen molar-refractivity contribution >= 4 is 17.7 Å². The molecule has 168 valence electrons. The number of nitrogens with zero attached hydrogens (tertiary/aromatic N) is 1. The Labute approximate surface area is 183 Å². The van der Waals surface area contributed by atoms with Crippen LogP contribution >= 0.6 is 0 Å². The van der Waals surface area contributed by atoms with E-state index in [0.29, 0.717) is 11.7 Å². The molecule has 0 saturated heterocycles. The van der Waals surface area contributed by atoms with Gasteiger partial charge in [-0.25, -0.2) is 4.98 Å². The van der Waals surface area contributed by atoms with E-state index in [0.717, 1.165) is 37.3 Å². The number of nitrogens with one attached hydrogen (secondary N) is 1. The first-order chi connectivity index (χ1) is 15.3. The monoisotopic (exact) mass is 444 g/mol. The number of rotatable bonds is 6. The molecule has 1 fully saturated rings. The van der Waals surface area contributed by atoms with Gasteiger partial charge in [-0.2, -0.15) is 13.2 Å². The lowest BCUT2D eigenvalue weighted by molar-refractivity contribution is -0.138. The van der Waals surface area contributed by atoms with Gasteiger partial charge in [0.1, 0.15) is 0 Å². The van der Waals surface area contributed by atoms with E-state index in [9.17, 15) is 18.0 Å². The number of alkyl halides is 3. The molecule has 0 radical (unpaired) electrons. The number of aliphatic carboxylic acids is 1. The van der Waals surface area contributed by atoms with E-state index in [1.54, 1.807) is 0 Å². The zero-order valence-corrected chi connectivity index (χ0v) is 17.2. The second kappa shape index (κ2) is 9.06. The van der Waals surface area contributed by atoms with Gasteiger partial charge in [-0.05, 0) is 55.2 Å². The highest BCUT2D eigenvalue weighted by Crippen LogP contribution is 2.38. The fourth-order valence-corrected chi connectivity index (χ4v) is 4.29. The molecule has 4 rings (SSSR count). The molecule has 32 heavy (non-hydrogen) atoms. The molecule has 1 aliphatic rings. The highest BCUT2D eigenvalue weighted by atomic mass is 19.4. The van der Waals surface area contributed by atoms with Crippen molar-refractivity contribution in [3.63, 3.8) is 0 Å².